The number of carbonyl (C=O) groups is 1. The molecular formula is C22H23N5O4. The van der Waals surface area contributed by atoms with Gasteiger partial charge in [-0.05, 0) is 47.9 Å². The minimum Gasteiger partial charge on any atom is -0.497 e. The number of tetrazole rings is 1. The average Bonchev–Trinajstić information content (AvgIpc) is 3.49. The minimum absolute atomic E-state index is 0.00435. The topological polar surface area (TPSA) is 91.6 Å². The summed E-state index contributed by atoms with van der Waals surface area (Å²) in [6.07, 6.45) is 1.86. The van der Waals surface area contributed by atoms with Crippen LogP contribution in [0.25, 0.3) is 11.4 Å². The van der Waals surface area contributed by atoms with Gasteiger partial charge in [-0.15, -0.1) is 10.2 Å². The lowest BCUT2D eigenvalue weighted by molar-refractivity contribution is -0.133. The van der Waals surface area contributed by atoms with E-state index in [0.29, 0.717) is 31.3 Å². The number of ether oxygens (including phenoxy) is 3. The molecule has 0 bridgehead atoms. The number of benzene rings is 2. The molecule has 1 amide bonds. The van der Waals surface area contributed by atoms with Gasteiger partial charge in [-0.2, -0.15) is 4.80 Å². The third-order valence-electron chi connectivity index (χ3n) is 5.58. The fraction of sp³-hybridized carbons (Fsp3) is 0.364. The standard InChI is InChI=1S/C22H23N5O4/c1-29-17-5-2-4-16(12-17)22-23-25-27(24-22)14-21(28)26-9-3-6-18(26)15-7-8-19-20(13-15)31-11-10-30-19/h2,4-5,7-8,12-13,18H,3,6,9-11,14H2,1H3/t18-/m1/s1. The van der Waals surface area contributed by atoms with Crippen LogP contribution >= 0.6 is 0 Å². The van der Waals surface area contributed by atoms with E-state index in [0.717, 1.165) is 35.5 Å². The lowest BCUT2D eigenvalue weighted by Crippen LogP contribution is -2.34. The van der Waals surface area contributed by atoms with E-state index in [1.807, 2.05) is 47.4 Å². The van der Waals surface area contributed by atoms with Gasteiger partial charge in [-0.25, -0.2) is 0 Å². The van der Waals surface area contributed by atoms with Gasteiger partial charge in [-0.3, -0.25) is 4.79 Å². The molecule has 0 radical (unpaired) electrons. The summed E-state index contributed by atoms with van der Waals surface area (Å²) in [5.41, 5.74) is 1.84. The maximum absolute atomic E-state index is 13.1. The first-order valence-corrected chi connectivity index (χ1v) is 10.3. The number of hydrogen-bond donors (Lipinski definition) is 0. The Morgan fingerprint density at radius 1 is 1.16 bits per heavy atom. The van der Waals surface area contributed by atoms with Gasteiger partial charge in [0.2, 0.25) is 11.7 Å². The number of carbonyl (C=O) groups excluding carboxylic acids is 1. The highest BCUT2D eigenvalue weighted by Crippen LogP contribution is 2.38. The second-order valence-corrected chi connectivity index (χ2v) is 7.52. The summed E-state index contributed by atoms with van der Waals surface area (Å²) < 4.78 is 16.6. The zero-order chi connectivity index (χ0) is 21.2. The van der Waals surface area contributed by atoms with Crippen LogP contribution in [-0.4, -0.2) is 57.9 Å². The first kappa shape index (κ1) is 19.3. The van der Waals surface area contributed by atoms with Crippen molar-refractivity contribution in [3.8, 4) is 28.6 Å². The Morgan fingerprint density at radius 2 is 2.03 bits per heavy atom. The predicted molar refractivity (Wildman–Crippen MR) is 111 cm³/mol. The molecule has 2 aliphatic heterocycles. The molecule has 0 saturated carbocycles. The maximum Gasteiger partial charge on any atom is 0.246 e. The highest BCUT2D eigenvalue weighted by molar-refractivity contribution is 5.76. The van der Waals surface area contributed by atoms with Gasteiger partial charge in [0.05, 0.1) is 13.2 Å². The number of nitrogens with zero attached hydrogens (tertiary/aromatic N) is 5. The molecule has 31 heavy (non-hydrogen) atoms. The third kappa shape index (κ3) is 3.90. The second kappa shape index (κ2) is 8.25. The summed E-state index contributed by atoms with van der Waals surface area (Å²) >= 11 is 0. The van der Waals surface area contributed by atoms with Gasteiger partial charge in [0.15, 0.2) is 11.5 Å². The van der Waals surface area contributed by atoms with Gasteiger partial charge in [-0.1, -0.05) is 18.2 Å². The number of rotatable bonds is 5. The van der Waals surface area contributed by atoms with Crippen LogP contribution in [0.2, 0.25) is 0 Å². The average molecular weight is 421 g/mol. The van der Waals surface area contributed by atoms with Crippen molar-refractivity contribution in [1.82, 2.24) is 25.1 Å². The molecule has 5 rings (SSSR count). The van der Waals surface area contributed by atoms with Crippen molar-refractivity contribution < 1.29 is 19.0 Å². The molecule has 9 heteroatoms. The summed E-state index contributed by atoms with van der Waals surface area (Å²) in [7, 11) is 1.61. The fourth-order valence-electron chi connectivity index (χ4n) is 4.08. The Hall–Kier alpha value is -3.62. The van der Waals surface area contributed by atoms with E-state index >= 15 is 0 Å². The highest BCUT2D eigenvalue weighted by atomic mass is 16.6. The van der Waals surface area contributed by atoms with E-state index in [1.165, 1.54) is 4.80 Å². The second-order valence-electron chi connectivity index (χ2n) is 7.52. The lowest BCUT2D eigenvalue weighted by Gasteiger charge is -2.26. The van der Waals surface area contributed by atoms with E-state index in [4.69, 9.17) is 14.2 Å². The van der Waals surface area contributed by atoms with Crippen LogP contribution in [0.15, 0.2) is 42.5 Å². The highest BCUT2D eigenvalue weighted by Gasteiger charge is 2.31. The van der Waals surface area contributed by atoms with Crippen molar-refractivity contribution in [2.75, 3.05) is 26.9 Å². The van der Waals surface area contributed by atoms with E-state index < -0.39 is 0 Å². The molecule has 1 saturated heterocycles. The number of fused-ring (bicyclic) bond motifs is 1. The van der Waals surface area contributed by atoms with Crippen molar-refractivity contribution in [1.29, 1.82) is 0 Å². The van der Waals surface area contributed by atoms with Crippen LogP contribution in [0.5, 0.6) is 17.2 Å². The van der Waals surface area contributed by atoms with Gasteiger partial charge in [0.25, 0.3) is 0 Å². The van der Waals surface area contributed by atoms with Gasteiger partial charge < -0.3 is 19.1 Å². The van der Waals surface area contributed by atoms with E-state index in [1.54, 1.807) is 7.11 Å². The number of amides is 1. The molecule has 160 valence electrons. The molecule has 2 aromatic carbocycles. The molecule has 3 aromatic rings. The zero-order valence-corrected chi connectivity index (χ0v) is 17.2. The first-order chi connectivity index (χ1) is 15.2. The minimum atomic E-state index is -0.0352. The number of likely N-dealkylation sites (tertiary alicyclic amines) is 1. The largest absolute Gasteiger partial charge is 0.497 e. The van der Waals surface area contributed by atoms with Crippen LogP contribution in [0.4, 0.5) is 0 Å². The Bertz CT molecular complexity index is 1100. The summed E-state index contributed by atoms with van der Waals surface area (Å²) in [5, 5.41) is 12.5. The molecule has 1 fully saturated rings. The summed E-state index contributed by atoms with van der Waals surface area (Å²) in [4.78, 5) is 16.3. The van der Waals surface area contributed by atoms with Crippen molar-refractivity contribution in [3.63, 3.8) is 0 Å². The molecule has 1 atom stereocenters. The molecule has 0 aliphatic carbocycles. The monoisotopic (exact) mass is 421 g/mol. The SMILES string of the molecule is COc1cccc(-c2nnn(CC(=O)N3CCC[C@@H]3c3ccc4c(c3)OCCO4)n2)c1. The Morgan fingerprint density at radius 3 is 2.90 bits per heavy atom. The summed E-state index contributed by atoms with van der Waals surface area (Å²) in [6, 6.07) is 13.4. The van der Waals surface area contributed by atoms with Crippen molar-refractivity contribution in [2.45, 2.75) is 25.4 Å². The van der Waals surface area contributed by atoms with E-state index in [2.05, 4.69) is 15.4 Å². The smallest absolute Gasteiger partial charge is 0.246 e. The molecule has 1 aromatic heterocycles. The molecule has 0 spiro atoms. The molecule has 9 nitrogen and oxygen atoms in total. The fourth-order valence-corrected chi connectivity index (χ4v) is 4.08. The molecule has 3 heterocycles. The van der Waals surface area contributed by atoms with E-state index in [9.17, 15) is 4.79 Å². The van der Waals surface area contributed by atoms with Crippen molar-refractivity contribution in [2.24, 2.45) is 0 Å². The molecule has 2 aliphatic rings. The number of aromatic nitrogens is 4. The normalized spacial score (nSPS) is 17.6. The van der Waals surface area contributed by atoms with Crippen molar-refractivity contribution in [3.05, 3.63) is 48.0 Å². The molecule has 0 unspecified atom stereocenters. The van der Waals surface area contributed by atoms with Gasteiger partial charge in [0.1, 0.15) is 25.5 Å². The summed E-state index contributed by atoms with van der Waals surface area (Å²) in [6.45, 7) is 1.84. The van der Waals surface area contributed by atoms with Crippen LogP contribution < -0.4 is 14.2 Å². The first-order valence-electron chi connectivity index (χ1n) is 10.3. The Labute approximate surface area is 179 Å². The van der Waals surface area contributed by atoms with Crippen LogP contribution in [0, 0.1) is 0 Å². The lowest BCUT2D eigenvalue weighted by atomic mass is 10.0. The number of methoxy groups -OCH3 is 1. The Kier molecular flexibility index (Phi) is 5.15. The number of hydrogen-bond acceptors (Lipinski definition) is 7. The maximum atomic E-state index is 13.1. The molecule has 0 N–H and O–H groups in total. The predicted octanol–water partition coefficient (Wildman–Crippen LogP) is 2.48. The van der Waals surface area contributed by atoms with Gasteiger partial charge in [0, 0.05) is 12.1 Å². The van der Waals surface area contributed by atoms with Crippen LogP contribution in [0.3, 0.4) is 0 Å². The third-order valence-corrected chi connectivity index (χ3v) is 5.58. The zero-order valence-electron chi connectivity index (χ0n) is 17.2. The Balaban J connectivity index is 1.30. The van der Waals surface area contributed by atoms with Gasteiger partial charge >= 0.3 is 0 Å². The molecular weight excluding hydrogens is 398 g/mol. The van der Waals surface area contributed by atoms with Crippen molar-refractivity contribution >= 4 is 5.91 Å². The van der Waals surface area contributed by atoms with Crippen LogP contribution in [-0.2, 0) is 11.3 Å². The van der Waals surface area contributed by atoms with Crippen LogP contribution in [0.1, 0.15) is 24.4 Å². The van der Waals surface area contributed by atoms with E-state index in [-0.39, 0.29) is 18.5 Å². The quantitative estimate of drug-likeness (QED) is 0.625. The summed E-state index contributed by atoms with van der Waals surface area (Å²) in [5.74, 6) is 2.62.